The summed E-state index contributed by atoms with van der Waals surface area (Å²) >= 11 is 0. The van der Waals surface area contributed by atoms with Crippen LogP contribution in [0.3, 0.4) is 0 Å². The van der Waals surface area contributed by atoms with Gasteiger partial charge in [0.15, 0.2) is 0 Å². The summed E-state index contributed by atoms with van der Waals surface area (Å²) in [6.45, 7) is 8.03. The van der Waals surface area contributed by atoms with Gasteiger partial charge in [0.25, 0.3) is 0 Å². The van der Waals surface area contributed by atoms with E-state index < -0.39 is 10.0 Å². The SMILES string of the molecule is COc1ccc(S(=O)(=O)NCCOc2cc(C)ccc2C)c(C)c1C. The summed E-state index contributed by atoms with van der Waals surface area (Å²) in [7, 11) is -2.03. The summed E-state index contributed by atoms with van der Waals surface area (Å²) in [5.41, 5.74) is 3.62. The van der Waals surface area contributed by atoms with Gasteiger partial charge in [0, 0.05) is 6.54 Å². The molecule has 0 heterocycles. The number of hydrogen-bond acceptors (Lipinski definition) is 4. The highest BCUT2D eigenvalue weighted by Gasteiger charge is 2.19. The number of aryl methyl sites for hydroxylation is 2. The van der Waals surface area contributed by atoms with Gasteiger partial charge in [-0.15, -0.1) is 0 Å². The molecule has 2 aromatic rings. The maximum absolute atomic E-state index is 12.5. The van der Waals surface area contributed by atoms with Crippen molar-refractivity contribution in [1.82, 2.24) is 4.72 Å². The van der Waals surface area contributed by atoms with E-state index in [0.29, 0.717) is 11.3 Å². The molecule has 0 aromatic heterocycles. The highest BCUT2D eigenvalue weighted by atomic mass is 32.2. The van der Waals surface area contributed by atoms with E-state index in [2.05, 4.69) is 4.72 Å². The molecule has 0 amide bonds. The molecule has 2 rings (SSSR count). The van der Waals surface area contributed by atoms with E-state index in [4.69, 9.17) is 9.47 Å². The van der Waals surface area contributed by atoms with E-state index in [9.17, 15) is 8.42 Å². The van der Waals surface area contributed by atoms with Gasteiger partial charge in [-0.25, -0.2) is 13.1 Å². The standard InChI is InChI=1S/C19H25NO4S/c1-13-6-7-14(2)18(12-13)24-11-10-20-25(21,22)19-9-8-17(23-5)15(3)16(19)4/h6-9,12,20H,10-11H2,1-5H3. The average Bonchev–Trinajstić information content (AvgIpc) is 2.56. The van der Waals surface area contributed by atoms with Crippen molar-refractivity contribution in [2.24, 2.45) is 0 Å². The highest BCUT2D eigenvalue weighted by molar-refractivity contribution is 7.89. The summed E-state index contributed by atoms with van der Waals surface area (Å²) in [5.74, 6) is 1.45. The smallest absolute Gasteiger partial charge is 0.240 e. The molecule has 0 aliphatic rings. The first-order valence-electron chi connectivity index (χ1n) is 8.10. The van der Waals surface area contributed by atoms with Crippen LogP contribution in [0, 0.1) is 27.7 Å². The number of rotatable bonds is 7. The molecule has 5 nitrogen and oxygen atoms in total. The van der Waals surface area contributed by atoms with Crippen molar-refractivity contribution >= 4 is 10.0 Å². The Morgan fingerprint density at radius 2 is 1.68 bits per heavy atom. The molecular formula is C19H25NO4S. The van der Waals surface area contributed by atoms with Gasteiger partial charge in [0.05, 0.1) is 12.0 Å². The zero-order chi connectivity index (χ0) is 18.6. The van der Waals surface area contributed by atoms with Crippen molar-refractivity contribution in [3.8, 4) is 11.5 Å². The van der Waals surface area contributed by atoms with Crippen LogP contribution in [-0.2, 0) is 10.0 Å². The maximum atomic E-state index is 12.5. The number of ether oxygens (including phenoxy) is 2. The lowest BCUT2D eigenvalue weighted by molar-refractivity contribution is 0.320. The summed E-state index contributed by atoms with van der Waals surface area (Å²) in [6.07, 6.45) is 0. The topological polar surface area (TPSA) is 64.6 Å². The third-order valence-corrected chi connectivity index (χ3v) is 5.80. The van der Waals surface area contributed by atoms with Gasteiger partial charge in [-0.3, -0.25) is 0 Å². The van der Waals surface area contributed by atoms with Crippen molar-refractivity contribution in [1.29, 1.82) is 0 Å². The molecule has 0 unspecified atom stereocenters. The van der Waals surface area contributed by atoms with Gasteiger partial charge in [-0.1, -0.05) is 12.1 Å². The van der Waals surface area contributed by atoms with Crippen LogP contribution < -0.4 is 14.2 Å². The summed E-state index contributed by atoms with van der Waals surface area (Å²) in [4.78, 5) is 0.262. The molecule has 0 fully saturated rings. The van der Waals surface area contributed by atoms with Crippen LogP contribution in [0.2, 0.25) is 0 Å². The van der Waals surface area contributed by atoms with Crippen LogP contribution in [0.1, 0.15) is 22.3 Å². The largest absolute Gasteiger partial charge is 0.496 e. The van der Waals surface area contributed by atoms with Crippen LogP contribution in [0.15, 0.2) is 35.2 Å². The molecule has 0 spiro atoms. The quantitative estimate of drug-likeness (QED) is 0.767. The van der Waals surface area contributed by atoms with Gasteiger partial charge in [0.1, 0.15) is 18.1 Å². The fourth-order valence-corrected chi connectivity index (χ4v) is 3.87. The van der Waals surface area contributed by atoms with E-state index in [1.165, 1.54) is 0 Å². The first-order chi connectivity index (χ1) is 11.8. The number of sulfonamides is 1. The number of methoxy groups -OCH3 is 1. The third-order valence-electron chi connectivity index (χ3n) is 4.19. The molecule has 0 atom stereocenters. The van der Waals surface area contributed by atoms with Crippen LogP contribution in [0.4, 0.5) is 0 Å². The molecule has 0 saturated heterocycles. The molecule has 0 aliphatic carbocycles. The first kappa shape index (κ1) is 19.3. The monoisotopic (exact) mass is 363 g/mol. The van der Waals surface area contributed by atoms with E-state index >= 15 is 0 Å². The Morgan fingerprint density at radius 1 is 0.960 bits per heavy atom. The van der Waals surface area contributed by atoms with Crippen LogP contribution >= 0.6 is 0 Å². The normalized spacial score (nSPS) is 11.4. The molecular weight excluding hydrogens is 338 g/mol. The predicted octanol–water partition coefficient (Wildman–Crippen LogP) is 3.29. The second-order valence-electron chi connectivity index (χ2n) is 6.03. The fourth-order valence-electron chi connectivity index (χ4n) is 2.56. The van der Waals surface area contributed by atoms with Gasteiger partial charge < -0.3 is 9.47 Å². The number of nitrogens with one attached hydrogen (secondary N) is 1. The average molecular weight is 363 g/mol. The third kappa shape index (κ3) is 4.52. The Balaban J connectivity index is 2.03. The second-order valence-corrected chi connectivity index (χ2v) is 7.77. The van der Waals surface area contributed by atoms with E-state index in [1.807, 2.05) is 39.0 Å². The minimum Gasteiger partial charge on any atom is -0.496 e. The zero-order valence-corrected chi connectivity index (χ0v) is 16.2. The molecule has 1 N–H and O–H groups in total. The summed E-state index contributed by atoms with van der Waals surface area (Å²) in [6, 6.07) is 9.18. The summed E-state index contributed by atoms with van der Waals surface area (Å²) in [5, 5.41) is 0. The van der Waals surface area contributed by atoms with E-state index in [1.54, 1.807) is 26.2 Å². The molecule has 0 aliphatic heterocycles. The first-order valence-corrected chi connectivity index (χ1v) is 9.58. The molecule has 25 heavy (non-hydrogen) atoms. The molecule has 2 aromatic carbocycles. The number of hydrogen-bond donors (Lipinski definition) is 1. The van der Waals surface area contributed by atoms with Crippen molar-refractivity contribution in [3.63, 3.8) is 0 Å². The molecule has 0 saturated carbocycles. The van der Waals surface area contributed by atoms with Crippen molar-refractivity contribution in [2.75, 3.05) is 20.3 Å². The maximum Gasteiger partial charge on any atom is 0.240 e. The van der Waals surface area contributed by atoms with Crippen LogP contribution in [0.5, 0.6) is 11.5 Å². The van der Waals surface area contributed by atoms with Gasteiger partial charge in [-0.2, -0.15) is 0 Å². The van der Waals surface area contributed by atoms with Crippen molar-refractivity contribution in [3.05, 3.63) is 52.6 Å². The van der Waals surface area contributed by atoms with Gasteiger partial charge in [-0.05, 0) is 68.1 Å². The predicted molar refractivity (Wildman–Crippen MR) is 99.1 cm³/mol. The highest BCUT2D eigenvalue weighted by Crippen LogP contribution is 2.26. The van der Waals surface area contributed by atoms with E-state index in [0.717, 1.165) is 22.4 Å². The van der Waals surface area contributed by atoms with Gasteiger partial charge in [0.2, 0.25) is 10.0 Å². The lowest BCUT2D eigenvalue weighted by Gasteiger charge is -2.14. The Kier molecular flexibility index (Phi) is 6.08. The minimum absolute atomic E-state index is 0.195. The lowest BCUT2D eigenvalue weighted by atomic mass is 10.1. The summed E-state index contributed by atoms with van der Waals surface area (Å²) < 4.78 is 38.6. The lowest BCUT2D eigenvalue weighted by Crippen LogP contribution is -2.29. The zero-order valence-electron chi connectivity index (χ0n) is 15.3. The molecule has 0 radical (unpaired) electrons. The van der Waals surface area contributed by atoms with Crippen LogP contribution in [0.25, 0.3) is 0 Å². The second kappa shape index (κ2) is 7.89. The molecule has 0 bridgehead atoms. The Bertz CT molecular complexity index is 860. The van der Waals surface area contributed by atoms with Gasteiger partial charge >= 0.3 is 0 Å². The molecule has 136 valence electrons. The fraction of sp³-hybridized carbons (Fsp3) is 0.368. The number of benzene rings is 2. The Hall–Kier alpha value is -2.05. The Morgan fingerprint density at radius 3 is 2.36 bits per heavy atom. The van der Waals surface area contributed by atoms with E-state index in [-0.39, 0.29) is 18.0 Å². The molecule has 6 heteroatoms. The Labute approximate surface area is 150 Å². The van der Waals surface area contributed by atoms with Crippen molar-refractivity contribution in [2.45, 2.75) is 32.6 Å². The minimum atomic E-state index is -3.60. The van der Waals surface area contributed by atoms with Crippen molar-refractivity contribution < 1.29 is 17.9 Å². The van der Waals surface area contributed by atoms with Crippen LogP contribution in [-0.4, -0.2) is 28.7 Å².